The van der Waals surface area contributed by atoms with Gasteiger partial charge in [0.2, 0.25) is 6.79 Å². The molecule has 0 spiro atoms. The van der Waals surface area contributed by atoms with E-state index < -0.39 is 18.0 Å². The predicted molar refractivity (Wildman–Crippen MR) is 132 cm³/mol. The van der Waals surface area contributed by atoms with E-state index in [1.807, 2.05) is 0 Å². The normalized spacial score (nSPS) is 16.3. The summed E-state index contributed by atoms with van der Waals surface area (Å²) in [5.74, 6) is -0.285. The molecule has 10 nitrogen and oxygen atoms in total. The number of hydrogen-bond donors (Lipinski definition) is 1. The highest BCUT2D eigenvalue weighted by molar-refractivity contribution is 7.07. The molecule has 0 saturated heterocycles. The molecule has 11 heteroatoms. The Kier molecular flexibility index (Phi) is 6.30. The SMILES string of the molecule is CCOC(=O)C1=C(C)N=c2sc(=Cc3ccc(O)c(OC(C)=O)c3)c(=O)n2C1c1ccc2c(c1)OCO2. The molecular formula is C26H22N2O8S. The second-order valence-electron chi connectivity index (χ2n) is 8.24. The maximum Gasteiger partial charge on any atom is 0.338 e. The topological polar surface area (TPSA) is 126 Å². The van der Waals surface area contributed by atoms with E-state index in [1.165, 1.54) is 23.6 Å². The van der Waals surface area contributed by atoms with Gasteiger partial charge >= 0.3 is 11.9 Å². The van der Waals surface area contributed by atoms with Crippen LogP contribution in [-0.4, -0.2) is 35.0 Å². The fraction of sp³-hybridized carbons (Fsp3) is 0.231. The number of carbonyl (C=O) groups is 2. The van der Waals surface area contributed by atoms with Crippen molar-refractivity contribution in [2.45, 2.75) is 26.8 Å². The zero-order chi connectivity index (χ0) is 26.3. The number of esters is 2. The minimum atomic E-state index is -0.802. The number of benzene rings is 2. The number of rotatable bonds is 5. The summed E-state index contributed by atoms with van der Waals surface area (Å²) in [7, 11) is 0. The van der Waals surface area contributed by atoms with Gasteiger partial charge in [-0.15, -0.1) is 0 Å². The molecule has 37 heavy (non-hydrogen) atoms. The lowest BCUT2D eigenvalue weighted by Crippen LogP contribution is -2.39. The van der Waals surface area contributed by atoms with Gasteiger partial charge in [0.15, 0.2) is 27.8 Å². The van der Waals surface area contributed by atoms with Crippen LogP contribution in [0.5, 0.6) is 23.0 Å². The van der Waals surface area contributed by atoms with E-state index in [2.05, 4.69) is 4.99 Å². The van der Waals surface area contributed by atoms with Crippen LogP contribution in [0, 0.1) is 0 Å². The van der Waals surface area contributed by atoms with E-state index in [0.717, 1.165) is 11.3 Å². The van der Waals surface area contributed by atoms with E-state index in [9.17, 15) is 19.5 Å². The quantitative estimate of drug-likeness (QED) is 0.399. The van der Waals surface area contributed by atoms with Crippen LogP contribution in [-0.2, 0) is 14.3 Å². The number of aromatic nitrogens is 1. The second-order valence-corrected chi connectivity index (χ2v) is 9.24. The summed E-state index contributed by atoms with van der Waals surface area (Å²) in [6.45, 7) is 4.89. The highest BCUT2D eigenvalue weighted by atomic mass is 32.1. The summed E-state index contributed by atoms with van der Waals surface area (Å²) < 4.78 is 23.1. The highest BCUT2D eigenvalue weighted by Gasteiger charge is 2.34. The average Bonchev–Trinajstić information content (AvgIpc) is 3.44. The van der Waals surface area contributed by atoms with Crippen molar-refractivity contribution in [3.63, 3.8) is 0 Å². The molecule has 3 heterocycles. The fourth-order valence-electron chi connectivity index (χ4n) is 4.20. The van der Waals surface area contributed by atoms with Crippen LogP contribution in [0.25, 0.3) is 6.08 Å². The van der Waals surface area contributed by atoms with Gasteiger partial charge in [-0.3, -0.25) is 14.2 Å². The van der Waals surface area contributed by atoms with Crippen LogP contribution in [0.4, 0.5) is 0 Å². The minimum Gasteiger partial charge on any atom is -0.504 e. The highest BCUT2D eigenvalue weighted by Crippen LogP contribution is 2.38. The van der Waals surface area contributed by atoms with Crippen molar-refractivity contribution in [1.29, 1.82) is 0 Å². The lowest BCUT2D eigenvalue weighted by molar-refractivity contribution is -0.139. The Hall–Kier alpha value is -4.38. The summed E-state index contributed by atoms with van der Waals surface area (Å²) in [5, 5.41) is 9.98. The molecule has 2 aliphatic heterocycles. The molecule has 1 aromatic heterocycles. The first-order valence-electron chi connectivity index (χ1n) is 11.4. The second kappa shape index (κ2) is 9.58. The Labute approximate surface area is 214 Å². The molecule has 1 unspecified atom stereocenters. The van der Waals surface area contributed by atoms with Gasteiger partial charge < -0.3 is 24.1 Å². The first kappa shape index (κ1) is 24.3. The molecule has 0 amide bonds. The summed E-state index contributed by atoms with van der Waals surface area (Å²) in [6.07, 6.45) is 1.61. The van der Waals surface area contributed by atoms with Gasteiger partial charge in [-0.05, 0) is 55.3 Å². The van der Waals surface area contributed by atoms with Crippen molar-refractivity contribution in [3.05, 3.63) is 78.5 Å². The smallest absolute Gasteiger partial charge is 0.338 e. The lowest BCUT2D eigenvalue weighted by atomic mass is 9.95. The Morgan fingerprint density at radius 1 is 1.22 bits per heavy atom. The Balaban J connectivity index is 1.68. The number of thiazole rings is 1. The zero-order valence-corrected chi connectivity index (χ0v) is 21.0. The van der Waals surface area contributed by atoms with Gasteiger partial charge in [0, 0.05) is 6.92 Å². The first-order chi connectivity index (χ1) is 17.8. The number of ether oxygens (including phenoxy) is 4. The third-order valence-electron chi connectivity index (χ3n) is 5.76. The molecule has 1 N–H and O–H groups in total. The molecule has 5 rings (SSSR count). The van der Waals surface area contributed by atoms with Crippen molar-refractivity contribution in [2.75, 3.05) is 13.4 Å². The van der Waals surface area contributed by atoms with Crippen LogP contribution < -0.4 is 29.1 Å². The summed E-state index contributed by atoms with van der Waals surface area (Å²) in [4.78, 5) is 43.0. The van der Waals surface area contributed by atoms with Crippen LogP contribution in [0.3, 0.4) is 0 Å². The molecule has 190 valence electrons. The molecule has 0 aliphatic carbocycles. The Morgan fingerprint density at radius 2 is 2.00 bits per heavy atom. The van der Waals surface area contributed by atoms with Gasteiger partial charge in [0.1, 0.15) is 0 Å². The standard InChI is InChI=1S/C26H22N2O8S/c1-4-33-25(32)22-13(2)27-26-28(23(22)16-6-8-18-20(11-16)35-12-34-18)24(31)21(37-26)10-15-5-7-17(30)19(9-15)36-14(3)29/h5-11,23,30H,4,12H2,1-3H3. The number of carbonyl (C=O) groups excluding carboxylic acids is 2. The van der Waals surface area contributed by atoms with Gasteiger partial charge in [-0.2, -0.15) is 0 Å². The molecule has 0 radical (unpaired) electrons. The van der Waals surface area contributed by atoms with E-state index in [1.54, 1.807) is 44.2 Å². The van der Waals surface area contributed by atoms with Crippen LogP contribution in [0.15, 0.2) is 57.5 Å². The Bertz CT molecular complexity index is 1650. The maximum absolute atomic E-state index is 13.7. The number of phenols is 1. The summed E-state index contributed by atoms with van der Waals surface area (Å²) >= 11 is 1.15. The minimum absolute atomic E-state index is 0.0206. The number of nitrogens with zero attached hydrogens (tertiary/aromatic N) is 2. The van der Waals surface area contributed by atoms with Gasteiger partial charge in [0.25, 0.3) is 5.56 Å². The van der Waals surface area contributed by atoms with E-state index in [4.69, 9.17) is 18.9 Å². The lowest BCUT2D eigenvalue weighted by Gasteiger charge is -2.24. The van der Waals surface area contributed by atoms with Crippen molar-refractivity contribution in [3.8, 4) is 23.0 Å². The zero-order valence-electron chi connectivity index (χ0n) is 20.1. The molecule has 2 aliphatic rings. The fourth-order valence-corrected chi connectivity index (χ4v) is 5.25. The summed E-state index contributed by atoms with van der Waals surface area (Å²) in [6, 6.07) is 8.87. The molecule has 0 saturated carbocycles. The largest absolute Gasteiger partial charge is 0.504 e. The average molecular weight is 523 g/mol. The summed E-state index contributed by atoms with van der Waals surface area (Å²) in [5.41, 5.74) is 1.48. The number of allylic oxidation sites excluding steroid dienone is 1. The molecular weight excluding hydrogens is 500 g/mol. The van der Waals surface area contributed by atoms with Crippen molar-refractivity contribution < 1.29 is 33.6 Å². The number of fused-ring (bicyclic) bond motifs is 2. The van der Waals surface area contributed by atoms with Crippen LogP contribution in [0.1, 0.15) is 37.9 Å². The van der Waals surface area contributed by atoms with Crippen molar-refractivity contribution >= 4 is 29.4 Å². The van der Waals surface area contributed by atoms with Crippen molar-refractivity contribution in [2.24, 2.45) is 4.99 Å². The van der Waals surface area contributed by atoms with Gasteiger partial charge in [-0.1, -0.05) is 23.5 Å². The number of hydrogen-bond acceptors (Lipinski definition) is 10. The predicted octanol–water partition coefficient (Wildman–Crippen LogP) is 2.16. The Morgan fingerprint density at radius 3 is 2.76 bits per heavy atom. The first-order valence-corrected chi connectivity index (χ1v) is 12.2. The molecule has 1 atom stereocenters. The van der Waals surface area contributed by atoms with E-state index in [-0.39, 0.29) is 36.0 Å². The van der Waals surface area contributed by atoms with Gasteiger partial charge in [-0.25, -0.2) is 9.79 Å². The number of phenolic OH excluding ortho intramolecular Hbond substituents is 1. The van der Waals surface area contributed by atoms with Crippen LogP contribution in [0.2, 0.25) is 0 Å². The van der Waals surface area contributed by atoms with Gasteiger partial charge in [0.05, 0.1) is 28.5 Å². The molecule has 2 aromatic carbocycles. The van der Waals surface area contributed by atoms with Crippen LogP contribution >= 0.6 is 11.3 Å². The third-order valence-corrected chi connectivity index (χ3v) is 6.75. The monoisotopic (exact) mass is 522 g/mol. The third kappa shape index (κ3) is 4.49. The van der Waals surface area contributed by atoms with Crippen molar-refractivity contribution in [1.82, 2.24) is 4.57 Å². The molecule has 0 bridgehead atoms. The van der Waals surface area contributed by atoms with E-state index >= 15 is 0 Å². The molecule has 3 aromatic rings. The maximum atomic E-state index is 13.7. The molecule has 0 fully saturated rings. The van der Waals surface area contributed by atoms with E-state index in [0.29, 0.717) is 37.7 Å². The number of aromatic hydroxyl groups is 1.